The van der Waals surface area contributed by atoms with E-state index in [0.717, 1.165) is 5.69 Å². The van der Waals surface area contributed by atoms with Crippen molar-refractivity contribution in [1.82, 2.24) is 9.97 Å². The van der Waals surface area contributed by atoms with Crippen LogP contribution in [-0.4, -0.2) is 21.9 Å². The number of halogens is 1. The molecule has 0 saturated heterocycles. The van der Waals surface area contributed by atoms with Gasteiger partial charge in [0.1, 0.15) is 5.69 Å². The number of benzene rings is 1. The number of nitrogens with zero attached hydrogens (tertiary/aromatic N) is 4. The van der Waals surface area contributed by atoms with E-state index in [-0.39, 0.29) is 5.69 Å². The summed E-state index contributed by atoms with van der Waals surface area (Å²) < 4.78 is 0. The van der Waals surface area contributed by atoms with Gasteiger partial charge in [0, 0.05) is 30.5 Å². The van der Waals surface area contributed by atoms with Gasteiger partial charge in [0.2, 0.25) is 0 Å². The largest absolute Gasteiger partial charge is 0.363 e. The molecule has 0 aliphatic carbocycles. The molecule has 1 heterocycles. The van der Waals surface area contributed by atoms with E-state index in [1.54, 1.807) is 42.7 Å². The number of rotatable bonds is 4. The number of hydrogen-bond donors (Lipinski definition) is 0. The van der Waals surface area contributed by atoms with Gasteiger partial charge >= 0.3 is 0 Å². The molecule has 7 heteroatoms. The minimum atomic E-state index is -0.450. The highest BCUT2D eigenvalue weighted by atomic mass is 35.5. The third kappa shape index (κ3) is 3.17. The molecular weight excluding hydrogens is 268 g/mol. The molecule has 1 aromatic carbocycles. The van der Waals surface area contributed by atoms with Crippen molar-refractivity contribution >= 4 is 23.0 Å². The summed E-state index contributed by atoms with van der Waals surface area (Å²) in [5.74, 6) is 0. The van der Waals surface area contributed by atoms with Crippen LogP contribution in [0.4, 0.5) is 11.4 Å². The van der Waals surface area contributed by atoms with Gasteiger partial charge in [-0.15, -0.1) is 0 Å². The summed E-state index contributed by atoms with van der Waals surface area (Å²) in [6.45, 7) is 0.427. The van der Waals surface area contributed by atoms with Crippen LogP contribution in [0.1, 0.15) is 5.69 Å². The molecule has 0 fully saturated rings. The zero-order valence-corrected chi connectivity index (χ0v) is 10.9. The monoisotopic (exact) mass is 278 g/mol. The Morgan fingerprint density at radius 1 is 1.42 bits per heavy atom. The first-order chi connectivity index (χ1) is 9.08. The molecule has 0 aliphatic rings. The van der Waals surface area contributed by atoms with Crippen LogP contribution >= 0.6 is 11.6 Å². The van der Waals surface area contributed by atoms with Crippen molar-refractivity contribution in [3.63, 3.8) is 0 Å². The van der Waals surface area contributed by atoms with E-state index in [9.17, 15) is 10.1 Å². The van der Waals surface area contributed by atoms with Gasteiger partial charge in [-0.3, -0.25) is 20.1 Å². The lowest BCUT2D eigenvalue weighted by Crippen LogP contribution is -2.18. The van der Waals surface area contributed by atoms with E-state index in [4.69, 9.17) is 11.6 Å². The molecule has 98 valence electrons. The molecule has 0 atom stereocenters. The molecule has 0 saturated carbocycles. The number of hydrogen-bond acceptors (Lipinski definition) is 5. The Bertz CT molecular complexity index is 592. The Balaban J connectivity index is 2.28. The number of nitro benzene ring substituents is 1. The van der Waals surface area contributed by atoms with Gasteiger partial charge in [-0.1, -0.05) is 11.6 Å². The quantitative estimate of drug-likeness (QED) is 0.635. The van der Waals surface area contributed by atoms with Gasteiger partial charge in [0.15, 0.2) is 0 Å². The molecule has 0 unspecified atom stereocenters. The Morgan fingerprint density at radius 3 is 2.84 bits per heavy atom. The molecule has 0 amide bonds. The summed E-state index contributed by atoms with van der Waals surface area (Å²) in [6, 6.07) is 4.58. The zero-order valence-electron chi connectivity index (χ0n) is 10.2. The van der Waals surface area contributed by atoms with Gasteiger partial charge in [0.05, 0.1) is 23.4 Å². The topological polar surface area (TPSA) is 72.2 Å². The number of nitro groups is 1. The Hall–Kier alpha value is -2.21. The predicted octanol–water partition coefficient (Wildman–Crippen LogP) is 2.67. The van der Waals surface area contributed by atoms with Crippen LogP contribution in [0.25, 0.3) is 0 Å². The van der Waals surface area contributed by atoms with Gasteiger partial charge in [-0.25, -0.2) is 0 Å². The number of aromatic nitrogens is 2. The van der Waals surface area contributed by atoms with E-state index < -0.39 is 4.92 Å². The van der Waals surface area contributed by atoms with Crippen molar-refractivity contribution < 1.29 is 4.92 Å². The summed E-state index contributed by atoms with van der Waals surface area (Å²) in [5, 5.41) is 11.4. The molecule has 0 N–H and O–H groups in total. The fourth-order valence-corrected chi connectivity index (χ4v) is 1.87. The Kier molecular flexibility index (Phi) is 3.91. The van der Waals surface area contributed by atoms with Gasteiger partial charge < -0.3 is 4.90 Å². The highest BCUT2D eigenvalue weighted by Gasteiger charge is 2.18. The lowest BCUT2D eigenvalue weighted by molar-refractivity contribution is -0.384. The Morgan fingerprint density at radius 2 is 2.21 bits per heavy atom. The molecule has 0 aliphatic heterocycles. The van der Waals surface area contributed by atoms with Crippen LogP contribution in [0.15, 0.2) is 36.8 Å². The summed E-state index contributed by atoms with van der Waals surface area (Å²) >= 11 is 5.78. The van der Waals surface area contributed by atoms with Crippen LogP contribution in [0.3, 0.4) is 0 Å². The Labute approximate surface area is 114 Å². The average Bonchev–Trinajstić information content (AvgIpc) is 2.39. The average molecular weight is 279 g/mol. The first kappa shape index (κ1) is 13.2. The molecule has 1 aromatic heterocycles. The van der Waals surface area contributed by atoms with Crippen LogP contribution in [0, 0.1) is 10.1 Å². The SMILES string of the molecule is CN(Cc1cnccn1)c1ccc(Cl)cc1[N+](=O)[O-]. The highest BCUT2D eigenvalue weighted by Crippen LogP contribution is 2.30. The maximum atomic E-state index is 11.0. The minimum absolute atomic E-state index is 0.0288. The van der Waals surface area contributed by atoms with Crippen molar-refractivity contribution in [2.45, 2.75) is 6.54 Å². The molecule has 2 aromatic rings. The lowest BCUT2D eigenvalue weighted by atomic mass is 10.2. The maximum Gasteiger partial charge on any atom is 0.294 e. The molecule has 19 heavy (non-hydrogen) atoms. The third-order valence-corrected chi connectivity index (χ3v) is 2.80. The van der Waals surface area contributed by atoms with Crippen LogP contribution < -0.4 is 4.90 Å². The van der Waals surface area contributed by atoms with Gasteiger partial charge in [-0.2, -0.15) is 0 Å². The van der Waals surface area contributed by atoms with E-state index in [2.05, 4.69) is 9.97 Å². The molecule has 0 bridgehead atoms. The molecule has 0 radical (unpaired) electrons. The predicted molar refractivity (Wildman–Crippen MR) is 72.2 cm³/mol. The smallest absolute Gasteiger partial charge is 0.294 e. The van der Waals surface area contributed by atoms with Crippen molar-refractivity contribution in [2.24, 2.45) is 0 Å². The third-order valence-electron chi connectivity index (χ3n) is 2.56. The maximum absolute atomic E-state index is 11.0. The van der Waals surface area contributed by atoms with E-state index in [0.29, 0.717) is 17.3 Å². The van der Waals surface area contributed by atoms with Gasteiger partial charge in [0.25, 0.3) is 5.69 Å². The van der Waals surface area contributed by atoms with Crippen molar-refractivity contribution in [3.8, 4) is 0 Å². The fraction of sp³-hybridized carbons (Fsp3) is 0.167. The second-order valence-electron chi connectivity index (χ2n) is 3.94. The first-order valence-electron chi connectivity index (χ1n) is 5.48. The summed E-state index contributed by atoms with van der Waals surface area (Å²) in [5.41, 5.74) is 1.19. The van der Waals surface area contributed by atoms with Gasteiger partial charge in [-0.05, 0) is 12.1 Å². The molecule has 0 spiro atoms. The minimum Gasteiger partial charge on any atom is -0.363 e. The second-order valence-corrected chi connectivity index (χ2v) is 4.38. The summed E-state index contributed by atoms with van der Waals surface area (Å²) in [4.78, 5) is 20.4. The highest BCUT2D eigenvalue weighted by molar-refractivity contribution is 6.30. The van der Waals surface area contributed by atoms with Crippen LogP contribution in [0.2, 0.25) is 5.02 Å². The van der Waals surface area contributed by atoms with Crippen LogP contribution in [-0.2, 0) is 6.54 Å². The molecule has 6 nitrogen and oxygen atoms in total. The summed E-state index contributed by atoms with van der Waals surface area (Å²) in [6.07, 6.45) is 4.78. The molecular formula is C12H11ClN4O2. The summed E-state index contributed by atoms with van der Waals surface area (Å²) in [7, 11) is 1.75. The first-order valence-corrected chi connectivity index (χ1v) is 5.85. The fourth-order valence-electron chi connectivity index (χ4n) is 1.71. The van der Waals surface area contributed by atoms with Crippen molar-refractivity contribution in [1.29, 1.82) is 0 Å². The van der Waals surface area contributed by atoms with Crippen LogP contribution in [0.5, 0.6) is 0 Å². The van der Waals surface area contributed by atoms with E-state index in [1.807, 2.05) is 0 Å². The van der Waals surface area contributed by atoms with Crippen molar-refractivity contribution in [3.05, 3.63) is 57.6 Å². The zero-order chi connectivity index (χ0) is 13.8. The standard InChI is InChI=1S/C12H11ClN4O2/c1-16(8-10-7-14-4-5-15-10)11-3-2-9(13)6-12(11)17(18)19/h2-7H,8H2,1H3. The van der Waals surface area contributed by atoms with Crippen molar-refractivity contribution in [2.75, 3.05) is 11.9 Å². The van der Waals surface area contributed by atoms with E-state index >= 15 is 0 Å². The number of anilines is 1. The lowest BCUT2D eigenvalue weighted by Gasteiger charge is -2.18. The molecule has 2 rings (SSSR count). The second kappa shape index (κ2) is 5.62. The van der Waals surface area contributed by atoms with E-state index in [1.165, 1.54) is 6.07 Å². The normalized spacial score (nSPS) is 10.2.